The Morgan fingerprint density at radius 3 is 2.67 bits per heavy atom. The van der Waals surface area contributed by atoms with Gasteiger partial charge in [0, 0.05) is 11.3 Å². The second-order valence-corrected chi connectivity index (χ2v) is 2.63. The molecule has 0 saturated carbocycles. The van der Waals surface area contributed by atoms with Crippen molar-refractivity contribution in [3.8, 4) is 0 Å². The van der Waals surface area contributed by atoms with Crippen LogP contribution in [0.2, 0.25) is 5.02 Å². The highest BCUT2D eigenvalue weighted by Crippen LogP contribution is 2.18. The molecule has 1 aromatic carbocycles. The first-order valence-corrected chi connectivity index (χ1v) is 3.56. The van der Waals surface area contributed by atoms with E-state index in [2.05, 4.69) is 5.16 Å². The van der Waals surface area contributed by atoms with Gasteiger partial charge in [0.1, 0.15) is 0 Å². The molecular weight excluding hydrogens is 178 g/mol. The zero-order chi connectivity index (χ0) is 9.14. The summed E-state index contributed by atoms with van der Waals surface area (Å²) in [6.45, 7) is 0. The van der Waals surface area contributed by atoms with Gasteiger partial charge < -0.3 is 16.7 Å². The summed E-state index contributed by atoms with van der Waals surface area (Å²) in [5, 5.41) is 11.5. The van der Waals surface area contributed by atoms with Gasteiger partial charge >= 0.3 is 0 Å². The number of rotatable bonds is 1. The summed E-state index contributed by atoms with van der Waals surface area (Å²) < 4.78 is 0. The second kappa shape index (κ2) is 3.32. The summed E-state index contributed by atoms with van der Waals surface area (Å²) in [5.41, 5.74) is 11.8. The Bertz CT molecular complexity index is 324. The van der Waals surface area contributed by atoms with Crippen LogP contribution in [0.4, 0.5) is 5.69 Å². The number of hydrogen-bond acceptors (Lipinski definition) is 3. The first-order chi connectivity index (χ1) is 5.65. The van der Waals surface area contributed by atoms with Crippen LogP contribution in [0.5, 0.6) is 0 Å². The molecule has 0 atom stereocenters. The fourth-order valence-electron chi connectivity index (χ4n) is 0.793. The third kappa shape index (κ3) is 1.60. The molecule has 0 saturated heterocycles. The van der Waals surface area contributed by atoms with Crippen LogP contribution in [-0.2, 0) is 0 Å². The molecule has 0 unspecified atom stereocenters. The van der Waals surface area contributed by atoms with Gasteiger partial charge in [0.15, 0.2) is 5.84 Å². The monoisotopic (exact) mass is 185 g/mol. The molecule has 4 nitrogen and oxygen atoms in total. The number of nitrogens with two attached hydrogens (primary N) is 2. The van der Waals surface area contributed by atoms with Gasteiger partial charge in [-0.1, -0.05) is 16.8 Å². The fraction of sp³-hybridized carbons (Fsp3) is 0. The summed E-state index contributed by atoms with van der Waals surface area (Å²) in [6, 6.07) is 4.75. The minimum absolute atomic E-state index is 0.0278. The fourth-order valence-corrected chi connectivity index (χ4v) is 1.08. The van der Waals surface area contributed by atoms with Crippen molar-refractivity contribution in [2.24, 2.45) is 10.9 Å². The number of benzene rings is 1. The van der Waals surface area contributed by atoms with Crippen molar-refractivity contribution in [1.29, 1.82) is 0 Å². The molecule has 0 bridgehead atoms. The maximum absolute atomic E-state index is 8.36. The van der Waals surface area contributed by atoms with E-state index < -0.39 is 0 Å². The van der Waals surface area contributed by atoms with Crippen molar-refractivity contribution >= 4 is 23.1 Å². The topological polar surface area (TPSA) is 84.6 Å². The van der Waals surface area contributed by atoms with Crippen LogP contribution in [0.15, 0.2) is 23.4 Å². The van der Waals surface area contributed by atoms with E-state index in [-0.39, 0.29) is 5.84 Å². The molecule has 12 heavy (non-hydrogen) atoms. The molecule has 1 rings (SSSR count). The number of amidine groups is 1. The van der Waals surface area contributed by atoms with Gasteiger partial charge in [-0.15, -0.1) is 0 Å². The van der Waals surface area contributed by atoms with Crippen molar-refractivity contribution in [3.63, 3.8) is 0 Å². The van der Waals surface area contributed by atoms with Gasteiger partial charge in [-0.2, -0.15) is 0 Å². The highest BCUT2D eigenvalue weighted by Gasteiger charge is 2.04. The standard InChI is InChI=1S/C7H8ClN3O/c8-6-3-4(9)1-2-5(6)7(10)11-12/h1-3,12H,9H2,(H2,10,11). The number of halogens is 1. The highest BCUT2D eigenvalue weighted by molar-refractivity contribution is 6.34. The lowest BCUT2D eigenvalue weighted by molar-refractivity contribution is 0.318. The quantitative estimate of drug-likeness (QED) is 0.201. The summed E-state index contributed by atoms with van der Waals surface area (Å²) >= 11 is 5.75. The highest BCUT2D eigenvalue weighted by atomic mass is 35.5. The average Bonchev–Trinajstić information content (AvgIpc) is 2.03. The number of nitrogens with zero attached hydrogens (tertiary/aromatic N) is 1. The van der Waals surface area contributed by atoms with Crippen LogP contribution in [0.25, 0.3) is 0 Å². The molecule has 0 spiro atoms. The SMILES string of the molecule is NC(=NO)c1ccc(N)cc1Cl. The van der Waals surface area contributed by atoms with Crippen LogP contribution in [0.1, 0.15) is 5.56 Å². The number of nitrogen functional groups attached to an aromatic ring is 1. The zero-order valence-electron chi connectivity index (χ0n) is 6.16. The Hall–Kier alpha value is -1.42. The zero-order valence-corrected chi connectivity index (χ0v) is 6.92. The van der Waals surface area contributed by atoms with E-state index in [1.807, 2.05) is 0 Å². The largest absolute Gasteiger partial charge is 0.409 e. The Morgan fingerprint density at radius 2 is 2.17 bits per heavy atom. The first-order valence-electron chi connectivity index (χ1n) is 3.18. The Balaban J connectivity index is 3.18. The minimum atomic E-state index is -0.0278. The average molecular weight is 186 g/mol. The van der Waals surface area contributed by atoms with Gasteiger partial charge in [0.05, 0.1) is 5.02 Å². The molecule has 5 N–H and O–H groups in total. The van der Waals surface area contributed by atoms with E-state index in [4.69, 9.17) is 28.3 Å². The third-order valence-corrected chi connectivity index (χ3v) is 1.69. The van der Waals surface area contributed by atoms with E-state index in [0.717, 1.165) is 0 Å². The van der Waals surface area contributed by atoms with Crippen molar-refractivity contribution < 1.29 is 5.21 Å². The maximum Gasteiger partial charge on any atom is 0.171 e. The Morgan fingerprint density at radius 1 is 1.50 bits per heavy atom. The molecule has 0 aliphatic heterocycles. The molecule has 0 aliphatic rings. The Kier molecular flexibility index (Phi) is 2.40. The molecule has 0 aromatic heterocycles. The van der Waals surface area contributed by atoms with E-state index >= 15 is 0 Å². The summed E-state index contributed by atoms with van der Waals surface area (Å²) in [4.78, 5) is 0. The molecule has 0 amide bonds. The molecule has 64 valence electrons. The third-order valence-electron chi connectivity index (χ3n) is 1.38. The van der Waals surface area contributed by atoms with Crippen LogP contribution in [0, 0.1) is 0 Å². The lowest BCUT2D eigenvalue weighted by atomic mass is 10.2. The van der Waals surface area contributed by atoms with E-state index in [0.29, 0.717) is 16.3 Å². The predicted molar refractivity (Wildman–Crippen MR) is 48.4 cm³/mol. The number of hydrogen-bond donors (Lipinski definition) is 3. The molecule has 0 radical (unpaired) electrons. The number of oxime groups is 1. The van der Waals surface area contributed by atoms with Crippen LogP contribution in [0.3, 0.4) is 0 Å². The van der Waals surface area contributed by atoms with Crippen molar-refractivity contribution in [3.05, 3.63) is 28.8 Å². The molecule has 1 aromatic rings. The van der Waals surface area contributed by atoms with Gasteiger partial charge in [-0.3, -0.25) is 0 Å². The van der Waals surface area contributed by atoms with Gasteiger partial charge in [0.25, 0.3) is 0 Å². The molecular formula is C7H8ClN3O. The molecule has 5 heteroatoms. The summed E-state index contributed by atoms with van der Waals surface area (Å²) in [6.07, 6.45) is 0. The first kappa shape index (κ1) is 8.67. The van der Waals surface area contributed by atoms with Crippen molar-refractivity contribution in [1.82, 2.24) is 0 Å². The lowest BCUT2D eigenvalue weighted by Crippen LogP contribution is -2.13. The minimum Gasteiger partial charge on any atom is -0.409 e. The normalized spacial score (nSPS) is 11.6. The van der Waals surface area contributed by atoms with E-state index in [9.17, 15) is 0 Å². The van der Waals surface area contributed by atoms with Crippen molar-refractivity contribution in [2.75, 3.05) is 5.73 Å². The smallest absolute Gasteiger partial charge is 0.171 e. The van der Waals surface area contributed by atoms with Crippen LogP contribution >= 0.6 is 11.6 Å². The van der Waals surface area contributed by atoms with Gasteiger partial charge in [-0.05, 0) is 18.2 Å². The van der Waals surface area contributed by atoms with Crippen LogP contribution < -0.4 is 11.5 Å². The lowest BCUT2D eigenvalue weighted by Gasteiger charge is -2.01. The van der Waals surface area contributed by atoms with Crippen molar-refractivity contribution in [2.45, 2.75) is 0 Å². The molecule has 0 heterocycles. The van der Waals surface area contributed by atoms with Gasteiger partial charge in [0.2, 0.25) is 0 Å². The molecule has 0 fully saturated rings. The Labute approximate surface area is 74.4 Å². The van der Waals surface area contributed by atoms with E-state index in [1.54, 1.807) is 12.1 Å². The number of anilines is 1. The summed E-state index contributed by atoms with van der Waals surface area (Å²) in [5.74, 6) is -0.0278. The van der Waals surface area contributed by atoms with E-state index in [1.165, 1.54) is 6.07 Å². The molecule has 0 aliphatic carbocycles. The van der Waals surface area contributed by atoms with Gasteiger partial charge in [-0.25, -0.2) is 0 Å². The maximum atomic E-state index is 8.36. The van der Waals surface area contributed by atoms with Crippen LogP contribution in [-0.4, -0.2) is 11.0 Å². The predicted octanol–water partition coefficient (Wildman–Crippen LogP) is 1.02. The second-order valence-electron chi connectivity index (χ2n) is 2.22. The summed E-state index contributed by atoms with van der Waals surface area (Å²) in [7, 11) is 0.